The summed E-state index contributed by atoms with van der Waals surface area (Å²) in [4.78, 5) is 26.9. The van der Waals surface area contributed by atoms with Crippen LogP contribution in [0.1, 0.15) is 43.7 Å². The maximum Gasteiger partial charge on any atom is 0.227 e. The van der Waals surface area contributed by atoms with Crippen molar-refractivity contribution in [2.75, 3.05) is 23.0 Å². The standard InChI is InChI=1S/C19H26N2O4S/c1-12(2)16-6-4-5-13(3)18(16)21-10-14(9-17(21)22)19(23)20-15-7-8-26(24,25)11-15/h4-6,12,14-15H,7-11H2,1-3H3,(H,20,23). The molecule has 0 aromatic heterocycles. The topological polar surface area (TPSA) is 83.6 Å². The minimum absolute atomic E-state index is 0.00158. The number of hydrogen-bond donors (Lipinski definition) is 1. The van der Waals surface area contributed by atoms with Crippen molar-refractivity contribution in [1.82, 2.24) is 5.32 Å². The Hall–Kier alpha value is -1.89. The van der Waals surface area contributed by atoms with E-state index in [-0.39, 0.29) is 41.7 Å². The molecule has 2 atom stereocenters. The van der Waals surface area contributed by atoms with E-state index in [1.807, 2.05) is 25.1 Å². The molecule has 7 heteroatoms. The molecule has 2 saturated heterocycles. The van der Waals surface area contributed by atoms with E-state index < -0.39 is 15.8 Å². The third kappa shape index (κ3) is 3.77. The largest absolute Gasteiger partial charge is 0.352 e. The lowest BCUT2D eigenvalue weighted by Gasteiger charge is -2.24. The highest BCUT2D eigenvalue weighted by atomic mass is 32.2. The van der Waals surface area contributed by atoms with Crippen molar-refractivity contribution in [1.29, 1.82) is 0 Å². The van der Waals surface area contributed by atoms with Gasteiger partial charge in [0, 0.05) is 24.7 Å². The molecule has 6 nitrogen and oxygen atoms in total. The van der Waals surface area contributed by atoms with E-state index in [0.29, 0.717) is 13.0 Å². The van der Waals surface area contributed by atoms with Crippen LogP contribution in [0.15, 0.2) is 18.2 Å². The summed E-state index contributed by atoms with van der Waals surface area (Å²) < 4.78 is 23.1. The third-order valence-corrected chi connectivity index (χ3v) is 7.00. The number of carbonyl (C=O) groups excluding carboxylic acids is 2. The monoisotopic (exact) mass is 378 g/mol. The first-order valence-electron chi connectivity index (χ1n) is 9.08. The molecule has 2 fully saturated rings. The fourth-order valence-electron chi connectivity index (χ4n) is 3.84. The highest BCUT2D eigenvalue weighted by Crippen LogP contribution is 2.35. The van der Waals surface area contributed by atoms with Gasteiger partial charge in [0.05, 0.1) is 17.4 Å². The van der Waals surface area contributed by atoms with Gasteiger partial charge in [0.25, 0.3) is 0 Å². The van der Waals surface area contributed by atoms with Crippen LogP contribution in [0.5, 0.6) is 0 Å². The lowest BCUT2D eigenvalue weighted by molar-refractivity contribution is -0.126. The summed E-state index contributed by atoms with van der Waals surface area (Å²) in [6, 6.07) is 5.66. The molecule has 0 bridgehead atoms. The van der Waals surface area contributed by atoms with Gasteiger partial charge in [0.2, 0.25) is 11.8 Å². The van der Waals surface area contributed by atoms with E-state index in [4.69, 9.17) is 0 Å². The predicted octanol–water partition coefficient (Wildman–Crippen LogP) is 1.77. The zero-order valence-electron chi connectivity index (χ0n) is 15.5. The summed E-state index contributed by atoms with van der Waals surface area (Å²) >= 11 is 0. The van der Waals surface area contributed by atoms with Gasteiger partial charge in [0.1, 0.15) is 0 Å². The van der Waals surface area contributed by atoms with Gasteiger partial charge in [-0.25, -0.2) is 8.42 Å². The molecule has 2 aliphatic heterocycles. The molecule has 2 amide bonds. The van der Waals surface area contributed by atoms with Crippen LogP contribution in [0, 0.1) is 12.8 Å². The highest BCUT2D eigenvalue weighted by molar-refractivity contribution is 7.91. The summed E-state index contributed by atoms with van der Waals surface area (Å²) in [5.74, 6) is -0.324. The fourth-order valence-corrected chi connectivity index (χ4v) is 5.52. The molecule has 2 heterocycles. The lowest BCUT2D eigenvalue weighted by atomic mass is 9.97. The highest BCUT2D eigenvalue weighted by Gasteiger charge is 2.38. The Morgan fingerprint density at radius 2 is 2.04 bits per heavy atom. The number of hydrogen-bond acceptors (Lipinski definition) is 4. The summed E-state index contributed by atoms with van der Waals surface area (Å²) in [6.45, 7) is 6.49. The molecular weight excluding hydrogens is 352 g/mol. The van der Waals surface area contributed by atoms with Gasteiger partial charge in [-0.3, -0.25) is 9.59 Å². The maximum atomic E-state index is 12.6. The Bertz CT molecular complexity index is 832. The molecule has 1 aromatic rings. The number of nitrogens with one attached hydrogen (secondary N) is 1. The van der Waals surface area contributed by atoms with Gasteiger partial charge in [-0.1, -0.05) is 32.0 Å². The number of nitrogens with zero attached hydrogens (tertiary/aromatic N) is 1. The normalized spacial score (nSPS) is 25.1. The number of aryl methyl sites for hydroxylation is 1. The van der Waals surface area contributed by atoms with Crippen molar-refractivity contribution in [2.24, 2.45) is 5.92 Å². The average molecular weight is 378 g/mol. The second kappa shape index (κ2) is 7.02. The molecule has 1 aromatic carbocycles. The molecule has 1 N–H and O–H groups in total. The van der Waals surface area contributed by atoms with Gasteiger partial charge in [-0.05, 0) is 30.4 Å². The second-order valence-corrected chi connectivity index (χ2v) is 9.91. The smallest absolute Gasteiger partial charge is 0.227 e. The first-order valence-corrected chi connectivity index (χ1v) is 10.9. The molecule has 142 valence electrons. The number of para-hydroxylation sites is 1. The van der Waals surface area contributed by atoms with Gasteiger partial charge in [-0.15, -0.1) is 0 Å². The van der Waals surface area contributed by atoms with Crippen LogP contribution < -0.4 is 10.2 Å². The van der Waals surface area contributed by atoms with E-state index in [1.54, 1.807) is 4.90 Å². The van der Waals surface area contributed by atoms with Crippen LogP contribution in [-0.4, -0.2) is 44.3 Å². The SMILES string of the molecule is Cc1cccc(C(C)C)c1N1CC(C(=O)NC2CCS(=O)(=O)C2)CC1=O. The minimum atomic E-state index is -3.04. The van der Waals surface area contributed by atoms with E-state index in [2.05, 4.69) is 19.2 Å². The quantitative estimate of drug-likeness (QED) is 0.866. The first-order chi connectivity index (χ1) is 12.2. The molecule has 0 spiro atoms. The van der Waals surface area contributed by atoms with Gasteiger partial charge >= 0.3 is 0 Å². The minimum Gasteiger partial charge on any atom is -0.352 e. The molecule has 0 saturated carbocycles. The Kier molecular flexibility index (Phi) is 5.10. The van der Waals surface area contributed by atoms with E-state index in [9.17, 15) is 18.0 Å². The van der Waals surface area contributed by atoms with E-state index >= 15 is 0 Å². The molecular formula is C19H26N2O4S. The number of rotatable bonds is 4. The van der Waals surface area contributed by atoms with Crippen molar-refractivity contribution in [3.05, 3.63) is 29.3 Å². The summed E-state index contributed by atoms with van der Waals surface area (Å²) in [6.07, 6.45) is 0.616. The Morgan fingerprint density at radius 3 is 2.65 bits per heavy atom. The van der Waals surface area contributed by atoms with Gasteiger partial charge in [-0.2, -0.15) is 0 Å². The Morgan fingerprint density at radius 1 is 1.31 bits per heavy atom. The van der Waals surface area contributed by atoms with Crippen molar-refractivity contribution < 1.29 is 18.0 Å². The zero-order chi connectivity index (χ0) is 19.1. The molecule has 2 unspecified atom stereocenters. The van der Waals surface area contributed by atoms with Crippen molar-refractivity contribution in [2.45, 2.75) is 45.6 Å². The molecule has 0 aliphatic carbocycles. The number of sulfone groups is 1. The van der Waals surface area contributed by atoms with Crippen molar-refractivity contribution in [3.8, 4) is 0 Å². The van der Waals surface area contributed by atoms with E-state index in [0.717, 1.165) is 16.8 Å². The Labute approximate surface area is 154 Å². The maximum absolute atomic E-state index is 12.6. The molecule has 3 rings (SSSR count). The van der Waals surface area contributed by atoms with Crippen LogP contribution in [-0.2, 0) is 19.4 Å². The van der Waals surface area contributed by atoms with Crippen LogP contribution in [0.2, 0.25) is 0 Å². The molecule has 0 radical (unpaired) electrons. The van der Waals surface area contributed by atoms with Crippen molar-refractivity contribution >= 4 is 27.3 Å². The first kappa shape index (κ1) is 18.9. The zero-order valence-corrected chi connectivity index (χ0v) is 16.3. The number of carbonyl (C=O) groups is 2. The predicted molar refractivity (Wildman–Crippen MR) is 101 cm³/mol. The average Bonchev–Trinajstić information content (AvgIpc) is 3.09. The van der Waals surface area contributed by atoms with Crippen LogP contribution >= 0.6 is 0 Å². The Balaban J connectivity index is 1.74. The number of anilines is 1. The number of amides is 2. The van der Waals surface area contributed by atoms with Crippen LogP contribution in [0.25, 0.3) is 0 Å². The van der Waals surface area contributed by atoms with Crippen LogP contribution in [0.3, 0.4) is 0 Å². The van der Waals surface area contributed by atoms with Gasteiger partial charge in [0.15, 0.2) is 9.84 Å². The third-order valence-electron chi connectivity index (χ3n) is 5.24. The second-order valence-electron chi connectivity index (χ2n) is 7.68. The van der Waals surface area contributed by atoms with E-state index in [1.165, 1.54) is 0 Å². The van der Waals surface area contributed by atoms with Gasteiger partial charge < -0.3 is 10.2 Å². The lowest BCUT2D eigenvalue weighted by Crippen LogP contribution is -2.40. The summed E-state index contributed by atoms with van der Waals surface area (Å²) in [5, 5.41) is 2.82. The molecule has 2 aliphatic rings. The summed E-state index contributed by atoms with van der Waals surface area (Å²) in [5.41, 5.74) is 3.03. The van der Waals surface area contributed by atoms with Crippen molar-refractivity contribution in [3.63, 3.8) is 0 Å². The fraction of sp³-hybridized carbons (Fsp3) is 0.579. The number of benzene rings is 1. The molecule has 26 heavy (non-hydrogen) atoms. The summed E-state index contributed by atoms with van der Waals surface area (Å²) in [7, 11) is -3.04. The van der Waals surface area contributed by atoms with Crippen LogP contribution in [0.4, 0.5) is 5.69 Å².